The lowest BCUT2D eigenvalue weighted by Crippen LogP contribution is -2.05. The van der Waals surface area contributed by atoms with E-state index >= 15 is 0 Å². The molecule has 3 aromatic rings. The second kappa shape index (κ2) is 9.88. The molecule has 0 radical (unpaired) electrons. The summed E-state index contributed by atoms with van der Waals surface area (Å²) in [6.07, 6.45) is -2.92. The van der Waals surface area contributed by atoms with Crippen molar-refractivity contribution in [3.05, 3.63) is 83.4 Å². The first kappa shape index (κ1) is 22.0. The van der Waals surface area contributed by atoms with Crippen LogP contribution in [0.2, 0.25) is 0 Å². The Morgan fingerprint density at radius 1 is 0.903 bits per heavy atom. The number of halogens is 3. The zero-order chi connectivity index (χ0) is 22.3. The van der Waals surface area contributed by atoms with Crippen LogP contribution in [0.25, 0.3) is 0 Å². The second-order valence-electron chi connectivity index (χ2n) is 6.50. The lowest BCUT2D eigenvalue weighted by molar-refractivity contribution is -0.137. The second-order valence-corrected chi connectivity index (χ2v) is 6.50. The maximum Gasteiger partial charge on any atom is 0.416 e. The Hall–Kier alpha value is -3.68. The van der Waals surface area contributed by atoms with Crippen LogP contribution in [0.15, 0.2) is 71.8 Å². The molecule has 0 bridgehead atoms. The first-order valence-electron chi connectivity index (χ1n) is 9.29. The Bertz CT molecular complexity index is 1030. The number of nitrogens with one attached hydrogen (secondary N) is 1. The summed E-state index contributed by atoms with van der Waals surface area (Å²) in [5.41, 5.74) is 3.75. The van der Waals surface area contributed by atoms with Gasteiger partial charge in [0.05, 0.1) is 31.7 Å². The third-order valence-corrected chi connectivity index (χ3v) is 4.34. The van der Waals surface area contributed by atoms with E-state index in [9.17, 15) is 13.2 Å². The van der Waals surface area contributed by atoms with Crippen LogP contribution in [0, 0.1) is 0 Å². The fourth-order valence-corrected chi connectivity index (χ4v) is 2.71. The fraction of sp³-hybridized carbons (Fsp3) is 0.174. The summed E-state index contributed by atoms with van der Waals surface area (Å²) < 4.78 is 54.7. The summed E-state index contributed by atoms with van der Waals surface area (Å²) in [4.78, 5) is 0. The normalized spacial score (nSPS) is 11.4. The van der Waals surface area contributed by atoms with Crippen LogP contribution in [0.5, 0.6) is 17.2 Å². The number of methoxy groups -OCH3 is 2. The van der Waals surface area contributed by atoms with Gasteiger partial charge >= 0.3 is 6.18 Å². The molecule has 162 valence electrons. The summed E-state index contributed by atoms with van der Waals surface area (Å²) in [6.45, 7) is 0.352. The van der Waals surface area contributed by atoms with E-state index in [0.717, 1.165) is 23.4 Å². The Morgan fingerprint density at radius 2 is 1.68 bits per heavy atom. The zero-order valence-corrected chi connectivity index (χ0v) is 16.9. The fourth-order valence-electron chi connectivity index (χ4n) is 2.71. The van der Waals surface area contributed by atoms with Gasteiger partial charge in [0.2, 0.25) is 0 Å². The van der Waals surface area contributed by atoms with Gasteiger partial charge in [0.25, 0.3) is 0 Å². The number of alkyl halides is 3. The van der Waals surface area contributed by atoms with Gasteiger partial charge in [-0.15, -0.1) is 0 Å². The van der Waals surface area contributed by atoms with E-state index in [-0.39, 0.29) is 5.69 Å². The standard InChI is InChI=1S/C23H21F3N2O3/c1-29-20-9-6-16(7-10-20)15-31-21-11-8-17(12-22(21)30-2)14-27-28-19-5-3-4-18(13-19)23(24,25)26/h3-14,28H,15H2,1-2H3. The highest BCUT2D eigenvalue weighted by molar-refractivity contribution is 5.81. The van der Waals surface area contributed by atoms with Crippen molar-refractivity contribution in [2.24, 2.45) is 5.10 Å². The van der Waals surface area contributed by atoms with Gasteiger partial charge in [0.15, 0.2) is 11.5 Å². The van der Waals surface area contributed by atoms with Crippen LogP contribution in [0.4, 0.5) is 18.9 Å². The van der Waals surface area contributed by atoms with Crippen molar-refractivity contribution >= 4 is 11.9 Å². The van der Waals surface area contributed by atoms with Crippen molar-refractivity contribution in [3.8, 4) is 17.2 Å². The Labute approximate surface area is 178 Å². The third-order valence-electron chi connectivity index (χ3n) is 4.34. The number of hydrogen-bond acceptors (Lipinski definition) is 5. The van der Waals surface area contributed by atoms with Gasteiger partial charge in [-0.1, -0.05) is 18.2 Å². The first-order valence-corrected chi connectivity index (χ1v) is 9.29. The van der Waals surface area contributed by atoms with Crippen molar-refractivity contribution < 1.29 is 27.4 Å². The number of nitrogens with zero attached hydrogens (tertiary/aromatic N) is 1. The molecule has 0 saturated carbocycles. The van der Waals surface area contributed by atoms with Crippen molar-refractivity contribution in [1.29, 1.82) is 0 Å². The molecule has 3 rings (SSSR count). The predicted octanol–water partition coefficient (Wildman–Crippen LogP) is 5.75. The van der Waals surface area contributed by atoms with Crippen LogP contribution in [0.1, 0.15) is 16.7 Å². The monoisotopic (exact) mass is 430 g/mol. The first-order chi connectivity index (χ1) is 14.9. The molecule has 0 spiro atoms. The van der Waals surface area contributed by atoms with Gasteiger partial charge in [-0.05, 0) is 59.7 Å². The minimum absolute atomic E-state index is 0.234. The van der Waals surface area contributed by atoms with E-state index in [1.165, 1.54) is 25.5 Å². The Kier molecular flexibility index (Phi) is 7.02. The Morgan fingerprint density at radius 3 is 2.35 bits per heavy atom. The minimum Gasteiger partial charge on any atom is -0.497 e. The highest BCUT2D eigenvalue weighted by Crippen LogP contribution is 2.31. The molecule has 0 aliphatic rings. The molecule has 0 aromatic heterocycles. The summed E-state index contributed by atoms with van der Waals surface area (Å²) in [6, 6.07) is 17.6. The molecule has 0 unspecified atom stereocenters. The largest absolute Gasteiger partial charge is 0.497 e. The number of hydrogen-bond donors (Lipinski definition) is 1. The molecule has 5 nitrogen and oxygen atoms in total. The maximum absolute atomic E-state index is 12.8. The van der Waals surface area contributed by atoms with Crippen molar-refractivity contribution in [2.45, 2.75) is 12.8 Å². The number of ether oxygens (including phenoxy) is 3. The van der Waals surface area contributed by atoms with Gasteiger partial charge in [-0.3, -0.25) is 5.43 Å². The highest BCUT2D eigenvalue weighted by Gasteiger charge is 2.30. The van der Waals surface area contributed by atoms with Crippen LogP contribution in [-0.4, -0.2) is 20.4 Å². The van der Waals surface area contributed by atoms with E-state index in [4.69, 9.17) is 14.2 Å². The molecule has 1 N–H and O–H groups in total. The summed E-state index contributed by atoms with van der Waals surface area (Å²) >= 11 is 0. The lowest BCUT2D eigenvalue weighted by Gasteiger charge is -2.12. The van der Waals surface area contributed by atoms with Crippen molar-refractivity contribution in [1.82, 2.24) is 0 Å². The smallest absolute Gasteiger partial charge is 0.416 e. The van der Waals surface area contributed by atoms with E-state index < -0.39 is 11.7 Å². The van der Waals surface area contributed by atoms with Gasteiger partial charge in [-0.25, -0.2) is 0 Å². The molecule has 31 heavy (non-hydrogen) atoms. The zero-order valence-electron chi connectivity index (χ0n) is 16.9. The molecule has 0 aliphatic carbocycles. The van der Waals surface area contributed by atoms with Crippen molar-refractivity contribution in [3.63, 3.8) is 0 Å². The number of hydrazone groups is 1. The molecule has 3 aromatic carbocycles. The molecule has 0 atom stereocenters. The van der Waals surface area contributed by atoms with E-state index in [1.807, 2.05) is 24.3 Å². The summed E-state index contributed by atoms with van der Waals surface area (Å²) in [5, 5.41) is 4.00. The van der Waals surface area contributed by atoms with Crippen LogP contribution in [0.3, 0.4) is 0 Å². The molecule has 0 fully saturated rings. The van der Waals surface area contributed by atoms with Crippen molar-refractivity contribution in [2.75, 3.05) is 19.6 Å². The number of rotatable bonds is 8. The topological polar surface area (TPSA) is 52.1 Å². The van der Waals surface area contributed by atoms with Gasteiger partial charge in [0, 0.05) is 0 Å². The maximum atomic E-state index is 12.8. The average molecular weight is 430 g/mol. The van der Waals surface area contributed by atoms with Crippen LogP contribution in [-0.2, 0) is 12.8 Å². The SMILES string of the molecule is COc1ccc(COc2ccc(C=NNc3cccc(C(F)(F)F)c3)cc2OC)cc1. The van der Waals surface area contributed by atoms with E-state index in [1.54, 1.807) is 25.3 Å². The Balaban J connectivity index is 1.64. The third kappa shape index (κ3) is 6.15. The van der Waals surface area contributed by atoms with Crippen LogP contribution >= 0.6 is 0 Å². The van der Waals surface area contributed by atoms with E-state index in [0.29, 0.717) is 23.7 Å². The average Bonchev–Trinajstić information content (AvgIpc) is 2.78. The van der Waals surface area contributed by atoms with Gasteiger partial charge < -0.3 is 14.2 Å². The van der Waals surface area contributed by atoms with Crippen LogP contribution < -0.4 is 19.6 Å². The number of anilines is 1. The molecular weight excluding hydrogens is 409 g/mol. The molecule has 0 saturated heterocycles. The van der Waals surface area contributed by atoms with E-state index in [2.05, 4.69) is 10.5 Å². The lowest BCUT2D eigenvalue weighted by atomic mass is 10.2. The predicted molar refractivity (Wildman–Crippen MR) is 113 cm³/mol. The molecule has 0 heterocycles. The molecular formula is C23H21F3N2O3. The molecule has 8 heteroatoms. The molecule has 0 aliphatic heterocycles. The highest BCUT2D eigenvalue weighted by atomic mass is 19.4. The summed E-state index contributed by atoms with van der Waals surface area (Å²) in [7, 11) is 3.13. The minimum atomic E-state index is -4.41. The number of benzene rings is 3. The summed E-state index contributed by atoms with van der Waals surface area (Å²) in [5.74, 6) is 1.83. The van der Waals surface area contributed by atoms with Gasteiger partial charge in [0.1, 0.15) is 12.4 Å². The quantitative estimate of drug-likeness (QED) is 0.365. The molecule has 0 amide bonds. The van der Waals surface area contributed by atoms with Gasteiger partial charge in [-0.2, -0.15) is 18.3 Å².